The summed E-state index contributed by atoms with van der Waals surface area (Å²) in [5.74, 6) is -0.701. The smallest absolute Gasteiger partial charge is 0.294 e. The first-order chi connectivity index (χ1) is 9.45. The fourth-order valence-corrected chi connectivity index (χ4v) is 1.60. The Morgan fingerprint density at radius 1 is 1.35 bits per heavy atom. The molecule has 0 fully saturated rings. The predicted octanol–water partition coefficient (Wildman–Crippen LogP) is -0.0940. The second-order valence-corrected chi connectivity index (χ2v) is 4.18. The summed E-state index contributed by atoms with van der Waals surface area (Å²) in [7, 11) is 1.50. The van der Waals surface area contributed by atoms with Gasteiger partial charge >= 0.3 is 0 Å². The van der Waals surface area contributed by atoms with Crippen molar-refractivity contribution in [1.82, 2.24) is 25.7 Å². The van der Waals surface area contributed by atoms with Crippen molar-refractivity contribution in [2.24, 2.45) is 0 Å². The van der Waals surface area contributed by atoms with Crippen molar-refractivity contribution >= 4 is 35.0 Å². The fourth-order valence-electron chi connectivity index (χ4n) is 1.31. The lowest BCUT2D eigenvalue weighted by molar-refractivity contribution is -0.114. The zero-order valence-corrected chi connectivity index (χ0v) is 12.2. The van der Waals surface area contributed by atoms with Crippen LogP contribution in [0.1, 0.15) is 24.3 Å². The summed E-state index contributed by atoms with van der Waals surface area (Å²) < 4.78 is 0. The zero-order valence-electron chi connectivity index (χ0n) is 11.4. The Hall–Kier alpha value is -2.29. The molecule has 20 heavy (non-hydrogen) atoms. The molecule has 0 spiro atoms. The summed E-state index contributed by atoms with van der Waals surface area (Å²) >= 11 is 4.98. The molecular weight excluding hydrogens is 280 g/mol. The number of thiocarbonyl (C=S) groups is 1. The number of nitrogens with zero attached hydrogens (tertiary/aromatic N) is 3. The molecule has 2 amide bonds. The Labute approximate surface area is 121 Å². The average Bonchev–Trinajstić information content (AvgIpc) is 2.38. The molecule has 0 bridgehead atoms. The second kappa shape index (κ2) is 7.34. The number of hydrogen-bond donors (Lipinski definition) is 3. The lowest BCUT2D eigenvalue weighted by Gasteiger charge is -2.20. The Bertz CT molecular complexity index is 521. The molecule has 0 radical (unpaired) electrons. The summed E-state index contributed by atoms with van der Waals surface area (Å²) in [6, 6.07) is 0. The third-order valence-corrected chi connectivity index (χ3v) is 2.34. The quantitative estimate of drug-likeness (QED) is 0.529. The predicted molar refractivity (Wildman–Crippen MR) is 77.8 cm³/mol. The van der Waals surface area contributed by atoms with Crippen molar-refractivity contribution in [3.8, 4) is 0 Å². The van der Waals surface area contributed by atoms with Gasteiger partial charge in [-0.25, -0.2) is 9.97 Å². The van der Waals surface area contributed by atoms with Crippen molar-refractivity contribution in [2.75, 3.05) is 18.9 Å². The lowest BCUT2D eigenvalue weighted by Crippen LogP contribution is -2.48. The number of carbonyl (C=O) groups excluding carboxylic acids is 2. The van der Waals surface area contributed by atoms with Crippen LogP contribution in [0.5, 0.6) is 0 Å². The minimum absolute atomic E-state index is 0.0250. The van der Waals surface area contributed by atoms with E-state index in [1.807, 2.05) is 6.92 Å². The van der Waals surface area contributed by atoms with Crippen LogP contribution in [0, 0.1) is 0 Å². The molecule has 108 valence electrons. The molecule has 3 N–H and O–H groups in total. The summed E-state index contributed by atoms with van der Waals surface area (Å²) in [5.41, 5.74) is 2.71. The van der Waals surface area contributed by atoms with Gasteiger partial charge in [0.15, 0.2) is 16.6 Å². The highest BCUT2D eigenvalue weighted by molar-refractivity contribution is 7.80. The van der Waals surface area contributed by atoms with Gasteiger partial charge in [-0.2, -0.15) is 0 Å². The minimum atomic E-state index is -0.470. The van der Waals surface area contributed by atoms with Crippen LogP contribution < -0.4 is 16.1 Å². The molecule has 0 aliphatic rings. The molecule has 1 aromatic heterocycles. The van der Waals surface area contributed by atoms with Gasteiger partial charge in [0.1, 0.15) is 0 Å². The molecule has 0 saturated carbocycles. The zero-order chi connectivity index (χ0) is 15.1. The van der Waals surface area contributed by atoms with Crippen LogP contribution >= 0.6 is 12.2 Å². The van der Waals surface area contributed by atoms with Crippen LogP contribution in [0.3, 0.4) is 0 Å². The number of hydrogen-bond acceptors (Lipinski definition) is 5. The Kier molecular flexibility index (Phi) is 5.78. The molecule has 1 rings (SSSR count). The second-order valence-electron chi connectivity index (χ2n) is 3.77. The van der Waals surface area contributed by atoms with E-state index in [2.05, 4.69) is 26.0 Å². The topological polar surface area (TPSA) is 99.2 Å². The molecule has 8 nitrogen and oxygen atoms in total. The molecule has 0 unspecified atom stereocenters. The van der Waals surface area contributed by atoms with E-state index in [4.69, 9.17) is 12.2 Å². The van der Waals surface area contributed by atoms with Gasteiger partial charge in [0.05, 0.1) is 0 Å². The summed E-state index contributed by atoms with van der Waals surface area (Å²) in [6.45, 7) is 3.84. The Balaban J connectivity index is 2.86. The SMILES string of the molecule is CCNC(=S)NN(C)C(=O)c1nccnc1NC(C)=O. The van der Waals surface area contributed by atoms with Gasteiger partial charge in [0.25, 0.3) is 5.91 Å². The van der Waals surface area contributed by atoms with Crippen LogP contribution in [0.4, 0.5) is 5.82 Å². The molecule has 9 heteroatoms. The number of anilines is 1. The van der Waals surface area contributed by atoms with Crippen molar-refractivity contribution < 1.29 is 9.59 Å². The third kappa shape index (κ3) is 4.43. The Morgan fingerprint density at radius 2 is 2.00 bits per heavy atom. The summed E-state index contributed by atoms with van der Waals surface area (Å²) in [6.07, 6.45) is 2.76. The van der Waals surface area contributed by atoms with E-state index in [0.717, 1.165) is 0 Å². The number of carbonyl (C=O) groups is 2. The largest absolute Gasteiger partial charge is 0.362 e. The standard InChI is InChI=1S/C11H16N6O2S/c1-4-12-11(20)16-17(3)10(19)8-9(15-7(2)18)14-6-5-13-8/h5-6H,4H2,1-3H3,(H2,12,16,20)(H,14,15,18). The van der Waals surface area contributed by atoms with Crippen molar-refractivity contribution in [1.29, 1.82) is 0 Å². The molecular formula is C11H16N6O2S. The van der Waals surface area contributed by atoms with Crippen molar-refractivity contribution in [3.05, 3.63) is 18.1 Å². The van der Waals surface area contributed by atoms with E-state index in [0.29, 0.717) is 11.7 Å². The molecule has 0 atom stereocenters. The number of amides is 2. The molecule has 1 aromatic rings. The molecule has 0 aliphatic carbocycles. The van der Waals surface area contributed by atoms with Gasteiger partial charge in [-0.15, -0.1) is 0 Å². The van der Waals surface area contributed by atoms with Gasteiger partial charge in [0.2, 0.25) is 5.91 Å². The van der Waals surface area contributed by atoms with Gasteiger partial charge in [0, 0.05) is 32.9 Å². The number of aromatic nitrogens is 2. The lowest BCUT2D eigenvalue weighted by atomic mass is 10.3. The van der Waals surface area contributed by atoms with Crippen LogP contribution in [-0.2, 0) is 4.79 Å². The molecule has 0 aliphatic heterocycles. The van der Waals surface area contributed by atoms with E-state index < -0.39 is 5.91 Å². The van der Waals surface area contributed by atoms with Crippen molar-refractivity contribution in [3.63, 3.8) is 0 Å². The van der Waals surface area contributed by atoms with E-state index in [1.54, 1.807) is 0 Å². The first-order valence-corrected chi connectivity index (χ1v) is 6.27. The average molecular weight is 296 g/mol. The maximum Gasteiger partial charge on any atom is 0.294 e. The minimum Gasteiger partial charge on any atom is -0.362 e. The molecule has 0 saturated heterocycles. The monoisotopic (exact) mass is 296 g/mol. The molecule has 1 heterocycles. The van der Waals surface area contributed by atoms with E-state index >= 15 is 0 Å². The van der Waals surface area contributed by atoms with Gasteiger partial charge in [-0.1, -0.05) is 0 Å². The first kappa shape index (κ1) is 15.8. The van der Waals surface area contributed by atoms with E-state index in [-0.39, 0.29) is 17.4 Å². The highest BCUT2D eigenvalue weighted by atomic mass is 32.1. The summed E-state index contributed by atoms with van der Waals surface area (Å²) in [5, 5.41) is 6.78. The van der Waals surface area contributed by atoms with E-state index in [9.17, 15) is 9.59 Å². The number of rotatable bonds is 3. The molecule has 0 aromatic carbocycles. The van der Waals surface area contributed by atoms with Gasteiger partial charge < -0.3 is 10.6 Å². The highest BCUT2D eigenvalue weighted by Crippen LogP contribution is 2.09. The first-order valence-electron chi connectivity index (χ1n) is 5.86. The van der Waals surface area contributed by atoms with Crippen LogP contribution in [-0.4, -0.2) is 45.5 Å². The Morgan fingerprint density at radius 3 is 2.60 bits per heavy atom. The number of hydrazine groups is 1. The third-order valence-electron chi connectivity index (χ3n) is 2.11. The van der Waals surface area contributed by atoms with Crippen LogP contribution in [0.2, 0.25) is 0 Å². The normalized spacial score (nSPS) is 9.55. The van der Waals surface area contributed by atoms with Crippen molar-refractivity contribution in [2.45, 2.75) is 13.8 Å². The maximum absolute atomic E-state index is 12.2. The van der Waals surface area contributed by atoms with Crippen LogP contribution in [0.25, 0.3) is 0 Å². The van der Waals surface area contributed by atoms with Gasteiger partial charge in [-0.05, 0) is 19.1 Å². The number of nitrogens with one attached hydrogen (secondary N) is 3. The van der Waals surface area contributed by atoms with Crippen LogP contribution in [0.15, 0.2) is 12.4 Å². The maximum atomic E-state index is 12.2. The fraction of sp³-hybridized carbons (Fsp3) is 0.364. The van der Waals surface area contributed by atoms with E-state index in [1.165, 1.54) is 31.4 Å². The van der Waals surface area contributed by atoms with Gasteiger partial charge in [-0.3, -0.25) is 20.0 Å². The highest BCUT2D eigenvalue weighted by Gasteiger charge is 2.19. The summed E-state index contributed by atoms with van der Waals surface area (Å²) in [4.78, 5) is 31.1.